The minimum absolute atomic E-state index is 0.221. The summed E-state index contributed by atoms with van der Waals surface area (Å²) in [5.74, 6) is 0.672. The highest BCUT2D eigenvalue weighted by molar-refractivity contribution is 7.33. The number of unbranched alkanes of at least 4 members (excludes halogenated alkanes) is 1. The van der Waals surface area contributed by atoms with Crippen LogP contribution in [-0.4, -0.2) is 19.4 Å². The molecule has 3 atom stereocenters. The molecule has 1 N–H and O–H groups in total. The first kappa shape index (κ1) is 18.0. The van der Waals surface area contributed by atoms with Crippen LogP contribution in [0.25, 0.3) is 0 Å². The number of nitrogens with one attached hydrogen (secondary N) is 1. The van der Waals surface area contributed by atoms with E-state index in [1.54, 1.807) is 0 Å². The smallest absolute Gasteiger partial charge is 0.288 e. The van der Waals surface area contributed by atoms with Crippen LogP contribution in [0.5, 0.6) is 0 Å². The van der Waals surface area contributed by atoms with Crippen LogP contribution >= 0.6 is 8.25 Å². The lowest BCUT2D eigenvalue weighted by atomic mass is 9.99. The predicted molar refractivity (Wildman–Crippen MR) is 75.7 cm³/mol. The van der Waals surface area contributed by atoms with E-state index in [0.717, 1.165) is 19.4 Å². The average molecular weight is 278 g/mol. The summed E-state index contributed by atoms with van der Waals surface area (Å²) >= 11 is 0. The van der Waals surface area contributed by atoms with Crippen molar-refractivity contribution in [1.82, 2.24) is 5.32 Å². The molecule has 108 valence electrons. The molecule has 0 rings (SSSR count). The molecule has 4 nitrogen and oxygen atoms in total. The Hall–Kier alpha value is -0.0200. The van der Waals surface area contributed by atoms with Gasteiger partial charge in [0.25, 0.3) is 0 Å². The van der Waals surface area contributed by atoms with E-state index in [1.165, 1.54) is 19.3 Å². The van der Waals surface area contributed by atoms with Gasteiger partial charge in [-0.2, -0.15) is 0 Å². The molecule has 0 aliphatic carbocycles. The third-order valence-corrected chi connectivity index (χ3v) is 3.76. The standard InChI is InChI=1S/C13H29NO3P/c1-5-8-9-13(7-3)11-14-12(4)17-18(15)16-10-6-2/h12-14H,5-11H2,1-4H3/q+1. The Balaban J connectivity index is 3.72. The first-order chi connectivity index (χ1) is 8.63. The fourth-order valence-electron chi connectivity index (χ4n) is 1.64. The Labute approximate surface area is 113 Å². The molecule has 0 bridgehead atoms. The maximum Gasteiger partial charge on any atom is 0.699 e. The summed E-state index contributed by atoms with van der Waals surface area (Å²) in [7, 11) is -1.98. The lowest BCUT2D eigenvalue weighted by Gasteiger charge is -2.16. The van der Waals surface area contributed by atoms with Crippen LogP contribution in [0.1, 0.15) is 59.8 Å². The zero-order chi connectivity index (χ0) is 13.8. The normalized spacial score (nSPS) is 15.4. The summed E-state index contributed by atoms with van der Waals surface area (Å²) in [5.41, 5.74) is 0. The van der Waals surface area contributed by atoms with Crippen molar-refractivity contribution in [2.45, 2.75) is 66.0 Å². The second kappa shape index (κ2) is 12.0. The number of rotatable bonds is 12. The molecule has 0 saturated heterocycles. The van der Waals surface area contributed by atoms with Gasteiger partial charge < -0.3 is 0 Å². The van der Waals surface area contributed by atoms with Crippen LogP contribution in [0.3, 0.4) is 0 Å². The molecule has 0 radical (unpaired) electrons. The SMILES string of the molecule is CCCCC(CC)CNC(C)O[P+](=O)OCCC. The first-order valence-electron chi connectivity index (χ1n) is 7.14. The predicted octanol–water partition coefficient (Wildman–Crippen LogP) is 4.24. The van der Waals surface area contributed by atoms with E-state index in [0.29, 0.717) is 12.5 Å². The molecule has 0 saturated carbocycles. The Morgan fingerprint density at radius 2 is 1.94 bits per heavy atom. The third-order valence-electron chi connectivity index (χ3n) is 2.88. The summed E-state index contributed by atoms with van der Waals surface area (Å²) in [6.45, 7) is 9.66. The average Bonchev–Trinajstić information content (AvgIpc) is 2.36. The van der Waals surface area contributed by atoms with E-state index in [2.05, 4.69) is 19.2 Å². The molecule has 0 aromatic rings. The molecule has 18 heavy (non-hydrogen) atoms. The maximum absolute atomic E-state index is 11.4. The lowest BCUT2D eigenvalue weighted by Crippen LogP contribution is -2.31. The Morgan fingerprint density at radius 3 is 2.50 bits per heavy atom. The van der Waals surface area contributed by atoms with Gasteiger partial charge in [-0.3, -0.25) is 5.32 Å². The number of hydrogen-bond acceptors (Lipinski definition) is 4. The summed E-state index contributed by atoms with van der Waals surface area (Å²) in [5, 5.41) is 3.26. The second-order valence-corrected chi connectivity index (χ2v) is 5.55. The quantitative estimate of drug-likeness (QED) is 0.428. The van der Waals surface area contributed by atoms with E-state index in [1.807, 2.05) is 13.8 Å². The number of hydrogen-bond donors (Lipinski definition) is 1. The van der Waals surface area contributed by atoms with Gasteiger partial charge in [0.1, 0.15) is 6.61 Å². The van der Waals surface area contributed by atoms with Gasteiger partial charge in [0.05, 0.1) is 0 Å². The highest BCUT2D eigenvalue weighted by Crippen LogP contribution is 2.25. The molecular formula is C13H29NO3P+. The van der Waals surface area contributed by atoms with Gasteiger partial charge in [0.15, 0.2) is 6.23 Å². The van der Waals surface area contributed by atoms with E-state index < -0.39 is 8.25 Å². The Kier molecular flexibility index (Phi) is 12.0. The molecule has 0 aromatic heterocycles. The minimum Gasteiger partial charge on any atom is -0.288 e. The highest BCUT2D eigenvalue weighted by atomic mass is 31.1. The minimum atomic E-state index is -1.98. The second-order valence-electron chi connectivity index (χ2n) is 4.63. The molecule has 0 aromatic carbocycles. The fourth-order valence-corrected chi connectivity index (χ4v) is 2.36. The maximum atomic E-state index is 11.4. The molecule has 5 heteroatoms. The molecule has 0 aliphatic heterocycles. The van der Waals surface area contributed by atoms with Crippen molar-refractivity contribution in [3.63, 3.8) is 0 Å². The largest absolute Gasteiger partial charge is 0.699 e. The first-order valence-corrected chi connectivity index (χ1v) is 8.23. The van der Waals surface area contributed by atoms with Crippen molar-refractivity contribution < 1.29 is 13.6 Å². The summed E-state index contributed by atoms with van der Waals surface area (Å²) in [6, 6.07) is 0. The Morgan fingerprint density at radius 1 is 1.22 bits per heavy atom. The van der Waals surface area contributed by atoms with Crippen molar-refractivity contribution in [3.05, 3.63) is 0 Å². The monoisotopic (exact) mass is 278 g/mol. The third kappa shape index (κ3) is 9.95. The van der Waals surface area contributed by atoms with Crippen LogP contribution in [0.2, 0.25) is 0 Å². The van der Waals surface area contributed by atoms with Gasteiger partial charge in [-0.05, 0) is 25.7 Å². The molecule has 0 aliphatic rings. The lowest BCUT2D eigenvalue weighted by molar-refractivity contribution is 0.144. The van der Waals surface area contributed by atoms with Crippen molar-refractivity contribution in [2.75, 3.05) is 13.2 Å². The molecule has 0 amide bonds. The summed E-state index contributed by atoms with van der Waals surface area (Å²) in [6.07, 6.45) is 5.54. The van der Waals surface area contributed by atoms with Crippen LogP contribution in [-0.2, 0) is 13.6 Å². The van der Waals surface area contributed by atoms with Crippen LogP contribution < -0.4 is 5.32 Å². The molecule has 0 spiro atoms. The van der Waals surface area contributed by atoms with E-state index in [-0.39, 0.29) is 6.23 Å². The van der Waals surface area contributed by atoms with Gasteiger partial charge in [-0.25, -0.2) is 0 Å². The zero-order valence-corrected chi connectivity index (χ0v) is 13.2. The topological polar surface area (TPSA) is 47.6 Å². The van der Waals surface area contributed by atoms with Crippen LogP contribution in [0.4, 0.5) is 0 Å². The van der Waals surface area contributed by atoms with E-state index in [4.69, 9.17) is 9.05 Å². The Bertz CT molecular complexity index is 214. The van der Waals surface area contributed by atoms with Crippen molar-refractivity contribution in [2.24, 2.45) is 5.92 Å². The summed E-state index contributed by atoms with van der Waals surface area (Å²) in [4.78, 5) is 0. The summed E-state index contributed by atoms with van der Waals surface area (Å²) < 4.78 is 21.6. The van der Waals surface area contributed by atoms with Gasteiger partial charge in [-0.1, -0.05) is 40.0 Å². The van der Waals surface area contributed by atoms with E-state index >= 15 is 0 Å². The van der Waals surface area contributed by atoms with Crippen LogP contribution in [0, 0.1) is 5.92 Å². The molecule has 0 fully saturated rings. The van der Waals surface area contributed by atoms with Crippen molar-refractivity contribution >= 4 is 8.25 Å². The van der Waals surface area contributed by atoms with Gasteiger partial charge in [0.2, 0.25) is 0 Å². The molecular weight excluding hydrogens is 249 g/mol. The van der Waals surface area contributed by atoms with Gasteiger partial charge in [-0.15, -0.1) is 9.05 Å². The van der Waals surface area contributed by atoms with Crippen molar-refractivity contribution in [3.8, 4) is 0 Å². The molecule has 0 heterocycles. The van der Waals surface area contributed by atoms with Gasteiger partial charge in [0, 0.05) is 11.1 Å². The fraction of sp³-hybridized carbons (Fsp3) is 1.00. The van der Waals surface area contributed by atoms with Gasteiger partial charge >= 0.3 is 8.25 Å². The molecule has 3 unspecified atom stereocenters. The van der Waals surface area contributed by atoms with E-state index in [9.17, 15) is 4.57 Å². The van der Waals surface area contributed by atoms with Crippen molar-refractivity contribution in [1.29, 1.82) is 0 Å². The zero-order valence-electron chi connectivity index (χ0n) is 12.3. The van der Waals surface area contributed by atoms with Crippen LogP contribution in [0.15, 0.2) is 0 Å². The highest BCUT2D eigenvalue weighted by Gasteiger charge is 2.24.